The molecule has 0 bridgehead atoms. The van der Waals surface area contributed by atoms with Crippen molar-refractivity contribution in [2.75, 3.05) is 13.1 Å². The highest BCUT2D eigenvalue weighted by atomic mass is 35.5. The monoisotopic (exact) mass is 223 g/mol. The molecular formula is C13H18ClN. The first-order chi connectivity index (χ1) is 7.29. The number of rotatable bonds is 2. The SMILES string of the molecule is C[C@@H](c1ccccc1Cl)N1CCCCC1. The standard InChI is InChI=1S/C13H18ClN/c1-11(15-9-5-2-6-10-15)12-7-3-4-8-13(12)14/h3-4,7-8,11H,2,5-6,9-10H2,1H3/t11-/m0/s1. The quantitative estimate of drug-likeness (QED) is 0.736. The van der Waals surface area contributed by atoms with E-state index in [-0.39, 0.29) is 0 Å². The lowest BCUT2D eigenvalue weighted by atomic mass is 10.0. The predicted molar refractivity (Wildman–Crippen MR) is 65.3 cm³/mol. The Labute approximate surface area is 97.0 Å². The van der Waals surface area contributed by atoms with Gasteiger partial charge in [0.1, 0.15) is 0 Å². The van der Waals surface area contributed by atoms with Gasteiger partial charge in [0.15, 0.2) is 0 Å². The van der Waals surface area contributed by atoms with E-state index in [1.54, 1.807) is 0 Å². The number of piperidine rings is 1. The van der Waals surface area contributed by atoms with E-state index in [9.17, 15) is 0 Å². The van der Waals surface area contributed by atoms with E-state index in [0.717, 1.165) is 5.02 Å². The van der Waals surface area contributed by atoms with Gasteiger partial charge < -0.3 is 0 Å². The van der Waals surface area contributed by atoms with Crippen LogP contribution in [-0.4, -0.2) is 18.0 Å². The molecule has 0 spiro atoms. The Hall–Kier alpha value is -0.530. The topological polar surface area (TPSA) is 3.24 Å². The lowest BCUT2D eigenvalue weighted by Crippen LogP contribution is -2.32. The number of hydrogen-bond donors (Lipinski definition) is 0. The summed E-state index contributed by atoms with van der Waals surface area (Å²) in [6, 6.07) is 8.65. The van der Waals surface area contributed by atoms with Crippen LogP contribution in [0.3, 0.4) is 0 Å². The lowest BCUT2D eigenvalue weighted by Gasteiger charge is -2.32. The van der Waals surface area contributed by atoms with E-state index in [4.69, 9.17) is 11.6 Å². The zero-order valence-electron chi connectivity index (χ0n) is 9.25. The summed E-state index contributed by atoms with van der Waals surface area (Å²) in [5.41, 5.74) is 1.26. The highest BCUT2D eigenvalue weighted by Gasteiger charge is 2.19. The van der Waals surface area contributed by atoms with E-state index < -0.39 is 0 Å². The molecular weight excluding hydrogens is 206 g/mol. The molecule has 0 aliphatic carbocycles. The molecule has 0 radical (unpaired) electrons. The summed E-state index contributed by atoms with van der Waals surface area (Å²) in [5.74, 6) is 0. The Morgan fingerprint density at radius 1 is 1.13 bits per heavy atom. The minimum Gasteiger partial charge on any atom is -0.297 e. The highest BCUT2D eigenvalue weighted by Crippen LogP contribution is 2.28. The second kappa shape index (κ2) is 5.00. The molecule has 2 heteroatoms. The Bertz CT molecular complexity index is 318. The van der Waals surface area contributed by atoms with Gasteiger partial charge in [0, 0.05) is 11.1 Å². The molecule has 1 aromatic rings. The van der Waals surface area contributed by atoms with Crippen LogP contribution in [-0.2, 0) is 0 Å². The average molecular weight is 224 g/mol. The summed E-state index contributed by atoms with van der Waals surface area (Å²) in [6.45, 7) is 4.69. The summed E-state index contributed by atoms with van der Waals surface area (Å²) >= 11 is 6.21. The second-order valence-corrected chi connectivity index (χ2v) is 4.70. The molecule has 1 fully saturated rings. The number of nitrogens with zero attached hydrogens (tertiary/aromatic N) is 1. The van der Waals surface area contributed by atoms with Gasteiger partial charge in [0.2, 0.25) is 0 Å². The molecule has 1 nitrogen and oxygen atoms in total. The molecule has 1 heterocycles. The Morgan fingerprint density at radius 3 is 2.47 bits per heavy atom. The van der Waals surface area contributed by atoms with Gasteiger partial charge in [-0.25, -0.2) is 0 Å². The fourth-order valence-corrected chi connectivity index (χ4v) is 2.61. The molecule has 1 aromatic carbocycles. The van der Waals surface area contributed by atoms with Crippen molar-refractivity contribution in [1.82, 2.24) is 4.90 Å². The minimum absolute atomic E-state index is 0.457. The van der Waals surface area contributed by atoms with Gasteiger partial charge in [-0.15, -0.1) is 0 Å². The van der Waals surface area contributed by atoms with Crippen LogP contribution >= 0.6 is 11.6 Å². The molecule has 1 saturated heterocycles. The normalized spacial score (nSPS) is 20.1. The van der Waals surface area contributed by atoms with Crippen molar-refractivity contribution in [3.05, 3.63) is 34.9 Å². The van der Waals surface area contributed by atoms with Crippen LogP contribution in [0.15, 0.2) is 24.3 Å². The van der Waals surface area contributed by atoms with Gasteiger partial charge in [0.05, 0.1) is 0 Å². The Balaban J connectivity index is 2.12. The largest absolute Gasteiger partial charge is 0.297 e. The number of hydrogen-bond acceptors (Lipinski definition) is 1. The average Bonchev–Trinajstić information content (AvgIpc) is 2.30. The van der Waals surface area contributed by atoms with Crippen LogP contribution in [0.5, 0.6) is 0 Å². The van der Waals surface area contributed by atoms with Gasteiger partial charge >= 0.3 is 0 Å². The van der Waals surface area contributed by atoms with Crippen LogP contribution in [0.4, 0.5) is 0 Å². The van der Waals surface area contributed by atoms with Gasteiger partial charge in [-0.3, -0.25) is 4.90 Å². The van der Waals surface area contributed by atoms with Crippen LogP contribution in [0.2, 0.25) is 5.02 Å². The van der Waals surface area contributed by atoms with Crippen molar-refractivity contribution < 1.29 is 0 Å². The Morgan fingerprint density at radius 2 is 1.80 bits per heavy atom. The fraction of sp³-hybridized carbons (Fsp3) is 0.538. The van der Waals surface area contributed by atoms with Crippen molar-refractivity contribution in [2.45, 2.75) is 32.2 Å². The van der Waals surface area contributed by atoms with Gasteiger partial charge in [-0.05, 0) is 44.5 Å². The molecule has 0 amide bonds. The van der Waals surface area contributed by atoms with Crippen molar-refractivity contribution in [3.8, 4) is 0 Å². The van der Waals surface area contributed by atoms with Crippen molar-refractivity contribution in [1.29, 1.82) is 0 Å². The van der Waals surface area contributed by atoms with Crippen LogP contribution in [0.1, 0.15) is 37.8 Å². The lowest BCUT2D eigenvalue weighted by molar-refractivity contribution is 0.175. The van der Waals surface area contributed by atoms with E-state index >= 15 is 0 Å². The predicted octanol–water partition coefficient (Wildman–Crippen LogP) is 3.89. The smallest absolute Gasteiger partial charge is 0.0453 e. The highest BCUT2D eigenvalue weighted by molar-refractivity contribution is 6.31. The second-order valence-electron chi connectivity index (χ2n) is 4.29. The van der Waals surface area contributed by atoms with Crippen molar-refractivity contribution in [2.24, 2.45) is 0 Å². The first-order valence-corrected chi connectivity index (χ1v) is 6.15. The summed E-state index contributed by atoms with van der Waals surface area (Å²) in [4.78, 5) is 2.53. The van der Waals surface area contributed by atoms with E-state index in [1.165, 1.54) is 37.9 Å². The number of benzene rings is 1. The van der Waals surface area contributed by atoms with E-state index in [0.29, 0.717) is 6.04 Å². The summed E-state index contributed by atoms with van der Waals surface area (Å²) in [6.07, 6.45) is 4.04. The maximum Gasteiger partial charge on any atom is 0.0453 e. The third-order valence-electron chi connectivity index (χ3n) is 3.29. The molecule has 82 valence electrons. The first-order valence-electron chi connectivity index (χ1n) is 5.77. The van der Waals surface area contributed by atoms with Crippen molar-refractivity contribution >= 4 is 11.6 Å². The summed E-state index contributed by atoms with van der Waals surface area (Å²) < 4.78 is 0. The Kier molecular flexibility index (Phi) is 3.66. The number of halogens is 1. The molecule has 2 rings (SSSR count). The maximum absolute atomic E-state index is 6.21. The van der Waals surface area contributed by atoms with Crippen LogP contribution in [0, 0.1) is 0 Å². The third kappa shape index (κ3) is 2.53. The zero-order chi connectivity index (χ0) is 10.7. The summed E-state index contributed by atoms with van der Waals surface area (Å²) in [5, 5.41) is 0.899. The molecule has 1 atom stereocenters. The minimum atomic E-state index is 0.457. The molecule has 0 N–H and O–H groups in total. The molecule has 1 aliphatic rings. The maximum atomic E-state index is 6.21. The molecule has 15 heavy (non-hydrogen) atoms. The molecule has 0 saturated carbocycles. The van der Waals surface area contributed by atoms with E-state index in [2.05, 4.69) is 24.0 Å². The molecule has 0 aromatic heterocycles. The molecule has 0 unspecified atom stereocenters. The van der Waals surface area contributed by atoms with Gasteiger partial charge in [-0.1, -0.05) is 36.2 Å². The van der Waals surface area contributed by atoms with Crippen molar-refractivity contribution in [3.63, 3.8) is 0 Å². The van der Waals surface area contributed by atoms with Gasteiger partial charge in [-0.2, -0.15) is 0 Å². The third-order valence-corrected chi connectivity index (χ3v) is 3.64. The summed E-state index contributed by atoms with van der Waals surface area (Å²) in [7, 11) is 0. The van der Waals surface area contributed by atoms with Gasteiger partial charge in [0.25, 0.3) is 0 Å². The molecule has 1 aliphatic heterocycles. The van der Waals surface area contributed by atoms with Crippen LogP contribution in [0.25, 0.3) is 0 Å². The fourth-order valence-electron chi connectivity index (χ4n) is 2.32. The number of likely N-dealkylation sites (tertiary alicyclic amines) is 1. The first kappa shape index (κ1) is 11.0. The zero-order valence-corrected chi connectivity index (χ0v) is 10.0. The van der Waals surface area contributed by atoms with E-state index in [1.807, 2.05) is 12.1 Å². The van der Waals surface area contributed by atoms with Crippen LogP contribution < -0.4 is 0 Å².